The number of quaternary nitrogens is 1. The topological polar surface area (TPSA) is 108 Å². The fourth-order valence-electron chi connectivity index (χ4n) is 10.6. The van der Waals surface area contributed by atoms with E-state index in [1.165, 1.54) is 186 Å². The first-order valence-corrected chi connectivity index (χ1v) is 38.3. The van der Waals surface area contributed by atoms with Crippen LogP contribution >= 0.6 is 0 Å². The first kappa shape index (κ1) is 88.4. The van der Waals surface area contributed by atoms with Crippen molar-refractivity contribution in [3.63, 3.8) is 0 Å². The van der Waals surface area contributed by atoms with Gasteiger partial charge in [-0.2, -0.15) is 0 Å². The number of hydrogen-bond acceptors (Lipinski definition) is 7. The minimum absolute atomic E-state index is 0.184. The molecule has 93 heavy (non-hydrogen) atoms. The minimum atomic E-state index is -1.52. The summed E-state index contributed by atoms with van der Waals surface area (Å²) < 4.78 is 23.0. The summed E-state index contributed by atoms with van der Waals surface area (Å²) in [6.45, 7) is 4.78. The molecule has 532 valence electrons. The molecule has 9 heteroatoms. The number of carboxylic acids is 1. The van der Waals surface area contributed by atoms with Crippen molar-refractivity contribution in [2.24, 2.45) is 0 Å². The Morgan fingerprint density at radius 3 is 0.914 bits per heavy atom. The zero-order valence-electron chi connectivity index (χ0n) is 60.9. The van der Waals surface area contributed by atoms with Crippen LogP contribution in [0.25, 0.3) is 0 Å². The van der Waals surface area contributed by atoms with Crippen molar-refractivity contribution in [3.8, 4) is 0 Å². The lowest BCUT2D eigenvalue weighted by Crippen LogP contribution is -2.40. The van der Waals surface area contributed by atoms with E-state index in [0.29, 0.717) is 23.9 Å². The van der Waals surface area contributed by atoms with Gasteiger partial charge in [-0.05, 0) is 116 Å². The van der Waals surface area contributed by atoms with Crippen LogP contribution in [0, 0.1) is 0 Å². The molecule has 0 heterocycles. The molecular weight excluding hydrogens is 1150 g/mol. The number of esters is 2. The second kappa shape index (κ2) is 73.2. The van der Waals surface area contributed by atoms with Crippen molar-refractivity contribution < 1.29 is 42.9 Å². The summed E-state index contributed by atoms with van der Waals surface area (Å²) in [6, 6.07) is 0. The Morgan fingerprint density at radius 2 is 0.613 bits per heavy atom. The van der Waals surface area contributed by atoms with Gasteiger partial charge >= 0.3 is 17.9 Å². The molecule has 0 saturated heterocycles. The van der Waals surface area contributed by atoms with Crippen LogP contribution in [-0.2, 0) is 33.3 Å². The van der Waals surface area contributed by atoms with E-state index in [2.05, 4.69) is 148 Å². The lowest BCUT2D eigenvalue weighted by atomic mass is 10.0. The van der Waals surface area contributed by atoms with E-state index in [9.17, 15) is 19.5 Å². The summed E-state index contributed by atoms with van der Waals surface area (Å²) in [5, 5.41) is 9.77. The smallest absolute Gasteiger partial charge is 0.361 e. The molecule has 0 aliphatic rings. The number of unbranched alkanes of at least 4 members (excludes halogenated alkanes) is 33. The lowest BCUT2D eigenvalue weighted by Gasteiger charge is -2.25. The maximum absolute atomic E-state index is 13.0. The molecule has 2 unspecified atom stereocenters. The predicted octanol–water partition coefficient (Wildman–Crippen LogP) is 24.5. The number of carbonyl (C=O) groups is 3. The largest absolute Gasteiger partial charge is 0.477 e. The Kier molecular flexibility index (Phi) is 69.6. The highest BCUT2D eigenvalue weighted by Gasteiger charge is 2.25. The van der Waals surface area contributed by atoms with Crippen LogP contribution in [0.3, 0.4) is 0 Å². The Morgan fingerprint density at radius 1 is 0.333 bits per heavy atom. The molecule has 0 bridgehead atoms. The molecular formula is C84H144NO8+. The fourth-order valence-corrected chi connectivity index (χ4v) is 10.6. The van der Waals surface area contributed by atoms with Gasteiger partial charge in [-0.3, -0.25) is 9.59 Å². The third-order valence-corrected chi connectivity index (χ3v) is 16.4. The Bertz CT molecular complexity index is 2000. The Labute approximate surface area is 573 Å². The number of nitrogens with zero attached hydrogens (tertiary/aromatic N) is 1. The Balaban J connectivity index is 4.08. The second-order valence-corrected chi connectivity index (χ2v) is 26.6. The standard InChI is InChI=1S/C84H143NO8/c1-6-8-10-12-14-16-18-20-22-24-26-28-30-32-34-35-36-37-38-39-40-41-42-43-44-45-46-47-49-51-53-55-57-59-61-63-65-67-69-71-73-75-82(87)93-80(79-92-84(83(88)89)90-77-76-85(3,4)5)78-91-81(86)74-72-70-68-66-64-62-60-58-56-54-52-50-48-33-31-29-27-25-23-21-19-17-15-13-11-9-7-2/h8,10,14,16,19-22,25-28,32,34,36-37,39-40,42-43,45-46,80,84H,6-7,9,11-13,15,17-18,23-24,29-31,33,35,38,41,44,47-79H2,1-5H3/p+1/b10-8-,16-14-,21-19-,22-20-,27-25-,28-26-,34-32-,37-36-,40-39-,43-42-,46-45-. The molecule has 9 nitrogen and oxygen atoms in total. The maximum atomic E-state index is 13.0. The molecule has 0 aromatic carbocycles. The van der Waals surface area contributed by atoms with E-state index >= 15 is 0 Å². The minimum Gasteiger partial charge on any atom is -0.477 e. The van der Waals surface area contributed by atoms with Gasteiger partial charge in [0.2, 0.25) is 0 Å². The van der Waals surface area contributed by atoms with Gasteiger partial charge in [0.15, 0.2) is 6.10 Å². The van der Waals surface area contributed by atoms with Crippen LogP contribution in [0.5, 0.6) is 0 Å². The molecule has 0 aliphatic carbocycles. The van der Waals surface area contributed by atoms with Gasteiger partial charge in [-0.25, -0.2) is 4.79 Å². The van der Waals surface area contributed by atoms with E-state index in [4.69, 9.17) is 18.9 Å². The number of carbonyl (C=O) groups excluding carboxylic acids is 2. The molecule has 0 spiro atoms. The quantitative estimate of drug-likeness (QED) is 0.0211. The van der Waals surface area contributed by atoms with Gasteiger partial charge in [-0.15, -0.1) is 0 Å². The van der Waals surface area contributed by atoms with Crippen molar-refractivity contribution in [3.05, 3.63) is 134 Å². The molecule has 0 saturated carbocycles. The van der Waals surface area contributed by atoms with Crippen molar-refractivity contribution in [2.75, 3.05) is 47.5 Å². The van der Waals surface area contributed by atoms with Crippen LogP contribution in [-0.4, -0.2) is 87.4 Å². The number of carboxylic acid groups (broad SMARTS) is 1. The molecule has 0 amide bonds. The molecule has 0 aliphatic heterocycles. The first-order chi connectivity index (χ1) is 45.6. The number of likely N-dealkylation sites (N-methyl/N-ethyl adjacent to an activating group) is 1. The molecule has 0 rings (SSSR count). The van der Waals surface area contributed by atoms with Crippen LogP contribution in [0.4, 0.5) is 0 Å². The number of allylic oxidation sites excluding steroid dienone is 22. The molecule has 2 atom stereocenters. The molecule has 1 N–H and O–H groups in total. The van der Waals surface area contributed by atoms with Crippen LogP contribution in [0.1, 0.15) is 322 Å². The van der Waals surface area contributed by atoms with Gasteiger partial charge in [0.05, 0.1) is 34.4 Å². The van der Waals surface area contributed by atoms with Gasteiger partial charge in [-0.1, -0.05) is 327 Å². The SMILES string of the molecule is CC/C=C\C/C=C\C/C=C\C/C=C\C/C=C\C/C=C\C/C=C\C/C=C\C/C=C\CCCCCCCCCCCCCCCC(=O)OC(COC(=O)CCCCCCCCCCCCCCCCC/C=C\C/C=C\CCCCCCC)COC(OCC[N+](C)(C)C)C(=O)O. The summed E-state index contributed by atoms with van der Waals surface area (Å²) in [6.07, 6.45) is 103. The van der Waals surface area contributed by atoms with Gasteiger partial charge < -0.3 is 28.5 Å². The lowest BCUT2D eigenvalue weighted by molar-refractivity contribution is -0.870. The average molecular weight is 1300 g/mol. The molecule has 0 aromatic heterocycles. The zero-order valence-corrected chi connectivity index (χ0v) is 60.9. The summed E-state index contributed by atoms with van der Waals surface area (Å²) in [5.74, 6) is -2.00. The molecule has 0 fully saturated rings. The van der Waals surface area contributed by atoms with Crippen LogP contribution in [0.15, 0.2) is 134 Å². The van der Waals surface area contributed by atoms with E-state index < -0.39 is 24.3 Å². The number of aliphatic carboxylic acids is 1. The van der Waals surface area contributed by atoms with E-state index in [1.807, 2.05) is 21.1 Å². The second-order valence-electron chi connectivity index (χ2n) is 26.6. The molecule has 0 radical (unpaired) electrons. The van der Waals surface area contributed by atoms with Crippen LogP contribution in [0.2, 0.25) is 0 Å². The highest BCUT2D eigenvalue weighted by atomic mass is 16.7. The van der Waals surface area contributed by atoms with Gasteiger partial charge in [0.25, 0.3) is 6.29 Å². The van der Waals surface area contributed by atoms with Crippen LogP contribution < -0.4 is 0 Å². The monoisotopic (exact) mass is 1300 g/mol. The first-order valence-electron chi connectivity index (χ1n) is 38.3. The maximum Gasteiger partial charge on any atom is 0.361 e. The van der Waals surface area contributed by atoms with Crippen molar-refractivity contribution >= 4 is 17.9 Å². The normalized spacial score (nSPS) is 13.4. The highest BCUT2D eigenvalue weighted by Crippen LogP contribution is 2.18. The zero-order chi connectivity index (χ0) is 67.5. The number of ether oxygens (including phenoxy) is 4. The summed E-state index contributed by atoms with van der Waals surface area (Å²) >= 11 is 0. The summed E-state index contributed by atoms with van der Waals surface area (Å²) in [5.41, 5.74) is 0. The van der Waals surface area contributed by atoms with Crippen molar-refractivity contribution in [1.29, 1.82) is 0 Å². The fraction of sp³-hybridized carbons (Fsp3) is 0.702. The highest BCUT2D eigenvalue weighted by molar-refractivity contribution is 5.71. The van der Waals surface area contributed by atoms with Gasteiger partial charge in [0, 0.05) is 12.8 Å². The number of rotatable bonds is 70. The molecule has 0 aromatic rings. The van der Waals surface area contributed by atoms with E-state index in [0.717, 1.165) is 103 Å². The third kappa shape index (κ3) is 74.7. The number of hydrogen-bond donors (Lipinski definition) is 1. The summed E-state index contributed by atoms with van der Waals surface area (Å²) in [4.78, 5) is 37.7. The van der Waals surface area contributed by atoms with Gasteiger partial charge in [0.1, 0.15) is 13.2 Å². The third-order valence-electron chi connectivity index (χ3n) is 16.4. The van der Waals surface area contributed by atoms with E-state index in [-0.39, 0.29) is 32.2 Å². The predicted molar refractivity (Wildman–Crippen MR) is 401 cm³/mol. The van der Waals surface area contributed by atoms with E-state index in [1.54, 1.807) is 0 Å². The summed E-state index contributed by atoms with van der Waals surface area (Å²) in [7, 11) is 5.98. The van der Waals surface area contributed by atoms with Crippen molar-refractivity contribution in [1.82, 2.24) is 0 Å². The van der Waals surface area contributed by atoms with Crippen molar-refractivity contribution in [2.45, 2.75) is 334 Å². The average Bonchev–Trinajstić information content (AvgIpc) is 3.38. The Hall–Kier alpha value is -4.57.